The van der Waals surface area contributed by atoms with Crippen molar-refractivity contribution in [3.63, 3.8) is 0 Å². The van der Waals surface area contributed by atoms with E-state index < -0.39 is 74.2 Å². The van der Waals surface area contributed by atoms with Crippen LogP contribution in [0.1, 0.15) is 226 Å². The van der Waals surface area contributed by atoms with Crippen LogP contribution in [0.3, 0.4) is 0 Å². The van der Waals surface area contributed by atoms with Crippen molar-refractivity contribution in [1.82, 2.24) is 5.32 Å². The first-order chi connectivity index (χ1) is 33.2. The fourth-order valence-corrected chi connectivity index (χ4v) is 8.51. The lowest BCUT2D eigenvalue weighted by atomic mass is 9.98. The minimum absolute atomic E-state index is 0.239. The Labute approximate surface area is 414 Å². The van der Waals surface area contributed by atoms with Crippen LogP contribution in [0.15, 0.2) is 60.8 Å². The summed E-state index contributed by atoms with van der Waals surface area (Å²) in [4.78, 5) is 13.2. The second kappa shape index (κ2) is 45.9. The maximum absolute atomic E-state index is 13.2. The molecule has 1 aliphatic rings. The summed E-state index contributed by atoms with van der Waals surface area (Å²) >= 11 is 0. The SMILES string of the molecule is CC/C=C\C/C=C\CCCCCCCCCCCCCCCC(O)C(=O)NC(COC1OC(CO)C(O)C(O)C1O)C(O)C(O)CCC/C=C/CC/C=C/CC/C=C/CCCCCCCCCC. The summed E-state index contributed by atoms with van der Waals surface area (Å²) < 4.78 is 11.1. The summed E-state index contributed by atoms with van der Waals surface area (Å²) in [7, 11) is 0. The van der Waals surface area contributed by atoms with Gasteiger partial charge in [-0.2, -0.15) is 0 Å². The molecule has 68 heavy (non-hydrogen) atoms. The third kappa shape index (κ3) is 34.2. The van der Waals surface area contributed by atoms with Crippen molar-refractivity contribution < 1.29 is 50.0 Å². The van der Waals surface area contributed by atoms with Crippen LogP contribution in [0.4, 0.5) is 0 Å². The van der Waals surface area contributed by atoms with E-state index in [1.165, 1.54) is 122 Å². The van der Waals surface area contributed by atoms with Gasteiger partial charge in [-0.1, -0.05) is 197 Å². The molecule has 8 N–H and O–H groups in total. The molecule has 1 amide bonds. The number of unbranched alkanes of at least 4 members (excludes halogenated alkanes) is 24. The van der Waals surface area contributed by atoms with Gasteiger partial charge in [-0.15, -0.1) is 0 Å². The highest BCUT2D eigenvalue weighted by molar-refractivity contribution is 5.80. The zero-order valence-corrected chi connectivity index (χ0v) is 43.1. The number of allylic oxidation sites excluding steroid dienone is 10. The second-order valence-corrected chi connectivity index (χ2v) is 19.2. The van der Waals surface area contributed by atoms with Crippen molar-refractivity contribution in [3.05, 3.63) is 60.8 Å². The van der Waals surface area contributed by atoms with Crippen molar-refractivity contribution in [3.8, 4) is 0 Å². The zero-order valence-electron chi connectivity index (χ0n) is 43.1. The van der Waals surface area contributed by atoms with Crippen molar-refractivity contribution in [2.75, 3.05) is 13.2 Å². The van der Waals surface area contributed by atoms with E-state index in [4.69, 9.17) is 9.47 Å². The molecule has 9 unspecified atom stereocenters. The molecule has 1 saturated heterocycles. The zero-order chi connectivity index (χ0) is 49.7. The number of hydrogen-bond acceptors (Lipinski definition) is 10. The molecule has 0 radical (unpaired) electrons. The summed E-state index contributed by atoms with van der Waals surface area (Å²) in [5.41, 5.74) is 0. The van der Waals surface area contributed by atoms with E-state index in [-0.39, 0.29) is 12.8 Å². The minimum Gasteiger partial charge on any atom is -0.394 e. The van der Waals surface area contributed by atoms with E-state index in [9.17, 15) is 40.5 Å². The highest BCUT2D eigenvalue weighted by Crippen LogP contribution is 2.23. The first-order valence-electron chi connectivity index (χ1n) is 27.7. The Morgan fingerprint density at radius 1 is 0.529 bits per heavy atom. The molecular weight excluding hydrogens is 859 g/mol. The summed E-state index contributed by atoms with van der Waals surface area (Å²) in [6, 6.07) is -1.20. The average Bonchev–Trinajstić information content (AvgIpc) is 3.34. The van der Waals surface area contributed by atoms with E-state index in [0.717, 1.165) is 57.8 Å². The average molecular weight is 962 g/mol. The summed E-state index contributed by atoms with van der Waals surface area (Å²) in [6.07, 6.45) is 46.9. The van der Waals surface area contributed by atoms with E-state index in [0.29, 0.717) is 19.3 Å². The number of carbonyl (C=O) groups is 1. The first kappa shape index (κ1) is 63.8. The van der Waals surface area contributed by atoms with Crippen LogP contribution in [-0.4, -0.2) is 110 Å². The monoisotopic (exact) mass is 962 g/mol. The molecule has 0 aliphatic carbocycles. The van der Waals surface area contributed by atoms with Crippen molar-refractivity contribution in [1.29, 1.82) is 0 Å². The van der Waals surface area contributed by atoms with Crippen LogP contribution >= 0.6 is 0 Å². The lowest BCUT2D eigenvalue weighted by Gasteiger charge is -2.40. The van der Waals surface area contributed by atoms with Crippen LogP contribution in [0, 0.1) is 0 Å². The lowest BCUT2D eigenvalue weighted by Crippen LogP contribution is -2.60. The molecule has 1 heterocycles. The molecule has 0 aromatic rings. The van der Waals surface area contributed by atoms with Crippen LogP contribution in [-0.2, 0) is 14.3 Å². The van der Waals surface area contributed by atoms with E-state index in [1.54, 1.807) is 0 Å². The smallest absolute Gasteiger partial charge is 0.249 e. The Morgan fingerprint density at radius 2 is 0.971 bits per heavy atom. The Balaban J connectivity index is 2.39. The standard InChI is InChI=1S/C57H103NO10/c1-3-5-7-9-11-13-15-17-19-21-23-25-27-28-30-32-34-36-38-40-42-44-49(60)52(62)48(47-67-57-55(65)54(64)53(63)51(46-59)68-57)58-56(66)50(61)45-43-41-39-37-35-33-31-29-26-24-22-20-18-16-14-12-10-8-6-4-2/h6,8,12,14,21,23,28,30,36,38,48-55,57,59-65H,3-5,7,9-11,13,15-20,22,24-27,29,31-35,37,39-47H2,1-2H3,(H,58,66)/b8-6-,14-12-,23-21+,30-28+,38-36+. The fourth-order valence-electron chi connectivity index (χ4n) is 8.51. The van der Waals surface area contributed by atoms with Crippen LogP contribution in [0.2, 0.25) is 0 Å². The van der Waals surface area contributed by atoms with Gasteiger partial charge in [0.1, 0.15) is 36.6 Å². The largest absolute Gasteiger partial charge is 0.394 e. The maximum atomic E-state index is 13.2. The molecule has 1 fully saturated rings. The summed E-state index contributed by atoms with van der Waals surface area (Å²) in [5, 5.41) is 76.0. The molecule has 396 valence electrons. The molecule has 9 atom stereocenters. The van der Waals surface area contributed by atoms with Gasteiger partial charge in [0.25, 0.3) is 0 Å². The van der Waals surface area contributed by atoms with Gasteiger partial charge in [0.05, 0.1) is 25.4 Å². The number of nitrogens with one attached hydrogen (secondary N) is 1. The molecule has 1 rings (SSSR count). The Bertz CT molecular complexity index is 1290. The Morgan fingerprint density at radius 3 is 1.47 bits per heavy atom. The molecule has 1 aliphatic heterocycles. The van der Waals surface area contributed by atoms with Gasteiger partial charge in [-0.25, -0.2) is 0 Å². The number of hydrogen-bond donors (Lipinski definition) is 8. The second-order valence-electron chi connectivity index (χ2n) is 19.2. The third-order valence-corrected chi connectivity index (χ3v) is 13.0. The van der Waals surface area contributed by atoms with E-state index in [2.05, 4.69) is 79.9 Å². The Hall–Kier alpha value is -2.19. The van der Waals surface area contributed by atoms with Gasteiger partial charge in [0, 0.05) is 0 Å². The molecule has 0 bridgehead atoms. The van der Waals surface area contributed by atoms with E-state index in [1.807, 2.05) is 0 Å². The van der Waals surface area contributed by atoms with Crippen LogP contribution < -0.4 is 5.32 Å². The third-order valence-electron chi connectivity index (χ3n) is 13.0. The maximum Gasteiger partial charge on any atom is 0.249 e. The fraction of sp³-hybridized carbons (Fsp3) is 0.807. The van der Waals surface area contributed by atoms with Gasteiger partial charge in [0.2, 0.25) is 5.91 Å². The van der Waals surface area contributed by atoms with Gasteiger partial charge >= 0.3 is 0 Å². The van der Waals surface area contributed by atoms with Crippen LogP contribution in [0.5, 0.6) is 0 Å². The molecular formula is C57H103NO10. The highest BCUT2D eigenvalue weighted by atomic mass is 16.7. The normalized spacial score (nSPS) is 21.0. The number of aliphatic hydroxyl groups excluding tert-OH is 7. The summed E-state index contributed by atoms with van der Waals surface area (Å²) in [6.45, 7) is 3.33. The number of ether oxygens (including phenoxy) is 2. The predicted molar refractivity (Wildman–Crippen MR) is 279 cm³/mol. The number of rotatable bonds is 46. The summed E-state index contributed by atoms with van der Waals surface area (Å²) in [5.74, 6) is -0.714. The molecule has 0 aromatic carbocycles. The van der Waals surface area contributed by atoms with Gasteiger partial charge in [-0.05, 0) is 89.9 Å². The number of aliphatic hydroxyl groups is 7. The Kier molecular flexibility index (Phi) is 43.1. The number of carbonyl (C=O) groups excluding carboxylic acids is 1. The topological polar surface area (TPSA) is 189 Å². The predicted octanol–water partition coefficient (Wildman–Crippen LogP) is 11.1. The molecule has 0 spiro atoms. The highest BCUT2D eigenvalue weighted by Gasteiger charge is 2.44. The van der Waals surface area contributed by atoms with Gasteiger partial charge < -0.3 is 50.5 Å². The van der Waals surface area contributed by atoms with E-state index >= 15 is 0 Å². The number of amides is 1. The van der Waals surface area contributed by atoms with Crippen LogP contribution in [0.25, 0.3) is 0 Å². The van der Waals surface area contributed by atoms with Gasteiger partial charge in [0.15, 0.2) is 6.29 Å². The quantitative estimate of drug-likeness (QED) is 0.0215. The van der Waals surface area contributed by atoms with Gasteiger partial charge in [-0.3, -0.25) is 4.79 Å². The molecule has 11 nitrogen and oxygen atoms in total. The molecule has 11 heteroatoms. The molecule has 0 saturated carbocycles. The first-order valence-corrected chi connectivity index (χ1v) is 27.7. The lowest BCUT2D eigenvalue weighted by molar-refractivity contribution is -0.303. The van der Waals surface area contributed by atoms with Crippen molar-refractivity contribution in [2.45, 2.75) is 281 Å². The van der Waals surface area contributed by atoms with Crippen molar-refractivity contribution in [2.24, 2.45) is 0 Å². The molecule has 0 aromatic heterocycles. The minimum atomic E-state index is -1.67. The van der Waals surface area contributed by atoms with Crippen molar-refractivity contribution >= 4 is 5.91 Å².